The number of carbonyl (C=O) groups excluding carboxylic acids is 1. The van der Waals surface area contributed by atoms with Crippen molar-refractivity contribution in [2.24, 2.45) is 0 Å². The molecule has 0 unspecified atom stereocenters. The van der Waals surface area contributed by atoms with Crippen molar-refractivity contribution in [3.05, 3.63) is 63.6 Å². The lowest BCUT2D eigenvalue weighted by Gasteiger charge is -2.19. The third-order valence-corrected chi connectivity index (χ3v) is 3.40. The molecule has 1 heterocycles. The molecule has 0 aliphatic rings. The number of benzene rings is 1. The van der Waals surface area contributed by atoms with Gasteiger partial charge in [-0.05, 0) is 45.9 Å². The minimum atomic E-state index is -0.405. The highest BCUT2D eigenvalue weighted by atomic mass is 16.5. The summed E-state index contributed by atoms with van der Waals surface area (Å²) in [5, 5.41) is 2.85. The van der Waals surface area contributed by atoms with E-state index in [1.807, 2.05) is 45.0 Å². The van der Waals surface area contributed by atoms with E-state index in [0.29, 0.717) is 0 Å². The van der Waals surface area contributed by atoms with E-state index in [9.17, 15) is 9.59 Å². The molecule has 1 amide bonds. The Balaban J connectivity index is 2.20. The molecule has 23 heavy (non-hydrogen) atoms. The zero-order valence-electron chi connectivity index (χ0n) is 13.8. The molecule has 5 nitrogen and oxygen atoms in total. The molecule has 1 aromatic carbocycles. The van der Waals surface area contributed by atoms with Crippen LogP contribution in [0.3, 0.4) is 0 Å². The van der Waals surface area contributed by atoms with Crippen molar-refractivity contribution >= 4 is 5.91 Å². The summed E-state index contributed by atoms with van der Waals surface area (Å²) in [7, 11) is 0. The maximum Gasteiger partial charge on any atom is 0.260 e. The number of aromatic amines is 1. The molecule has 0 aliphatic heterocycles. The van der Waals surface area contributed by atoms with Crippen molar-refractivity contribution in [2.45, 2.75) is 39.8 Å². The summed E-state index contributed by atoms with van der Waals surface area (Å²) in [6.07, 6.45) is 0.0407. The van der Waals surface area contributed by atoms with Gasteiger partial charge in [-0.25, -0.2) is 0 Å². The SMILES string of the molecule is Cc1ccc(C(=O)N[C@@H](C)c2ccccc2OC(C)C)c(=O)[nH]1. The zero-order valence-corrected chi connectivity index (χ0v) is 13.8. The minimum Gasteiger partial charge on any atom is -0.491 e. The normalized spacial score (nSPS) is 12.0. The Hall–Kier alpha value is -2.56. The number of amides is 1. The predicted molar refractivity (Wildman–Crippen MR) is 89.9 cm³/mol. The van der Waals surface area contributed by atoms with Crippen molar-refractivity contribution in [1.82, 2.24) is 10.3 Å². The van der Waals surface area contributed by atoms with Crippen LogP contribution in [-0.4, -0.2) is 17.0 Å². The van der Waals surface area contributed by atoms with Crippen LogP contribution in [0.25, 0.3) is 0 Å². The van der Waals surface area contributed by atoms with Gasteiger partial charge in [0, 0.05) is 11.3 Å². The van der Waals surface area contributed by atoms with E-state index in [4.69, 9.17) is 4.74 Å². The fourth-order valence-corrected chi connectivity index (χ4v) is 2.30. The van der Waals surface area contributed by atoms with Crippen LogP contribution in [0, 0.1) is 6.92 Å². The van der Waals surface area contributed by atoms with Crippen molar-refractivity contribution in [1.29, 1.82) is 0 Å². The maximum atomic E-state index is 12.3. The predicted octanol–water partition coefficient (Wildman–Crippen LogP) is 2.96. The number of H-pyrrole nitrogens is 1. The van der Waals surface area contributed by atoms with Gasteiger partial charge in [-0.1, -0.05) is 18.2 Å². The number of hydrogen-bond donors (Lipinski definition) is 2. The molecule has 2 aromatic rings. The van der Waals surface area contributed by atoms with Gasteiger partial charge >= 0.3 is 0 Å². The van der Waals surface area contributed by atoms with Crippen LogP contribution in [0.15, 0.2) is 41.2 Å². The van der Waals surface area contributed by atoms with Crippen molar-refractivity contribution < 1.29 is 9.53 Å². The molecule has 0 aliphatic carbocycles. The van der Waals surface area contributed by atoms with E-state index in [-0.39, 0.29) is 23.3 Å². The van der Waals surface area contributed by atoms with Gasteiger partial charge in [0.15, 0.2) is 0 Å². The van der Waals surface area contributed by atoms with Crippen molar-refractivity contribution in [3.8, 4) is 5.75 Å². The highest BCUT2D eigenvalue weighted by Gasteiger charge is 2.17. The van der Waals surface area contributed by atoms with Gasteiger partial charge in [0.1, 0.15) is 11.3 Å². The summed E-state index contributed by atoms with van der Waals surface area (Å²) in [6, 6.07) is 10.5. The van der Waals surface area contributed by atoms with Crippen LogP contribution >= 0.6 is 0 Å². The summed E-state index contributed by atoms with van der Waals surface area (Å²) in [6.45, 7) is 7.53. The average Bonchev–Trinajstić information content (AvgIpc) is 2.46. The number of rotatable bonds is 5. The van der Waals surface area contributed by atoms with Crippen LogP contribution in [0.2, 0.25) is 0 Å². The van der Waals surface area contributed by atoms with E-state index in [0.717, 1.165) is 17.0 Å². The minimum absolute atomic E-state index is 0.0407. The van der Waals surface area contributed by atoms with Gasteiger partial charge in [-0.2, -0.15) is 0 Å². The molecule has 0 saturated carbocycles. The van der Waals surface area contributed by atoms with Gasteiger partial charge in [-0.3, -0.25) is 9.59 Å². The lowest BCUT2D eigenvalue weighted by Crippen LogP contribution is -2.32. The van der Waals surface area contributed by atoms with Crippen LogP contribution < -0.4 is 15.6 Å². The molecule has 0 radical (unpaired) electrons. The number of carbonyl (C=O) groups is 1. The summed E-state index contributed by atoms with van der Waals surface area (Å²) in [5.41, 5.74) is 1.31. The standard InChI is InChI=1S/C18H22N2O3/c1-11(2)23-16-8-6-5-7-14(16)13(4)20-18(22)15-10-9-12(3)19-17(15)21/h5-11,13H,1-4H3,(H,19,21)(H,20,22)/t13-/m0/s1. The van der Waals surface area contributed by atoms with Crippen LogP contribution in [-0.2, 0) is 0 Å². The van der Waals surface area contributed by atoms with Crippen molar-refractivity contribution in [3.63, 3.8) is 0 Å². The summed E-state index contributed by atoms with van der Waals surface area (Å²) < 4.78 is 5.77. The first-order chi connectivity index (χ1) is 10.9. The largest absolute Gasteiger partial charge is 0.491 e. The molecule has 0 spiro atoms. The Morgan fingerprint density at radius 2 is 1.83 bits per heavy atom. The first-order valence-corrected chi connectivity index (χ1v) is 7.65. The second-order valence-corrected chi connectivity index (χ2v) is 5.78. The molecule has 5 heteroatoms. The quantitative estimate of drug-likeness (QED) is 0.891. The molecular formula is C18H22N2O3. The molecule has 2 N–H and O–H groups in total. The Bertz CT molecular complexity index is 750. The average molecular weight is 314 g/mol. The zero-order chi connectivity index (χ0) is 17.0. The molecule has 0 fully saturated rings. The monoisotopic (exact) mass is 314 g/mol. The Labute approximate surface area is 135 Å². The van der Waals surface area contributed by atoms with E-state index in [1.54, 1.807) is 13.0 Å². The molecule has 122 valence electrons. The van der Waals surface area contributed by atoms with Gasteiger partial charge in [0.25, 0.3) is 11.5 Å². The van der Waals surface area contributed by atoms with E-state index >= 15 is 0 Å². The molecule has 1 aromatic heterocycles. The fourth-order valence-electron chi connectivity index (χ4n) is 2.30. The fraction of sp³-hybridized carbons (Fsp3) is 0.333. The summed E-state index contributed by atoms with van der Waals surface area (Å²) in [5.74, 6) is 0.325. The lowest BCUT2D eigenvalue weighted by atomic mass is 10.1. The highest BCUT2D eigenvalue weighted by molar-refractivity contribution is 5.94. The maximum absolute atomic E-state index is 12.3. The molecule has 0 bridgehead atoms. The molecule has 0 saturated heterocycles. The molecule has 2 rings (SSSR count). The highest BCUT2D eigenvalue weighted by Crippen LogP contribution is 2.25. The first kappa shape index (κ1) is 16.8. The number of para-hydroxylation sites is 1. The lowest BCUT2D eigenvalue weighted by molar-refractivity contribution is 0.0937. The second-order valence-electron chi connectivity index (χ2n) is 5.78. The number of ether oxygens (including phenoxy) is 1. The molecule has 1 atom stereocenters. The number of nitrogens with one attached hydrogen (secondary N) is 2. The topological polar surface area (TPSA) is 71.2 Å². The van der Waals surface area contributed by atoms with Crippen LogP contribution in [0.1, 0.15) is 48.4 Å². The summed E-state index contributed by atoms with van der Waals surface area (Å²) in [4.78, 5) is 26.8. The Kier molecular flexibility index (Phi) is 5.21. The number of hydrogen-bond acceptors (Lipinski definition) is 3. The van der Waals surface area contributed by atoms with Crippen LogP contribution in [0.4, 0.5) is 0 Å². The smallest absolute Gasteiger partial charge is 0.260 e. The second kappa shape index (κ2) is 7.13. The Morgan fingerprint density at radius 1 is 1.13 bits per heavy atom. The Morgan fingerprint density at radius 3 is 2.48 bits per heavy atom. The number of pyridine rings is 1. The van der Waals surface area contributed by atoms with Crippen LogP contribution in [0.5, 0.6) is 5.75 Å². The first-order valence-electron chi connectivity index (χ1n) is 7.65. The third-order valence-electron chi connectivity index (χ3n) is 3.40. The summed E-state index contributed by atoms with van der Waals surface area (Å²) >= 11 is 0. The van der Waals surface area contributed by atoms with E-state index < -0.39 is 5.91 Å². The van der Waals surface area contributed by atoms with E-state index in [2.05, 4.69) is 10.3 Å². The third kappa shape index (κ3) is 4.22. The van der Waals surface area contributed by atoms with Gasteiger partial charge in [0.05, 0.1) is 12.1 Å². The van der Waals surface area contributed by atoms with E-state index in [1.165, 1.54) is 6.07 Å². The number of aromatic nitrogens is 1. The number of aryl methyl sites for hydroxylation is 1. The van der Waals surface area contributed by atoms with Gasteiger partial charge < -0.3 is 15.0 Å². The molecular weight excluding hydrogens is 292 g/mol. The van der Waals surface area contributed by atoms with Crippen molar-refractivity contribution in [2.75, 3.05) is 0 Å². The van der Waals surface area contributed by atoms with Gasteiger partial charge in [0.2, 0.25) is 0 Å². The van der Waals surface area contributed by atoms with Gasteiger partial charge in [-0.15, -0.1) is 0 Å².